The normalized spacial score (nSPS) is 21.4. The van der Waals surface area contributed by atoms with Crippen LogP contribution in [0.4, 0.5) is 5.82 Å². The highest BCUT2D eigenvalue weighted by Gasteiger charge is 2.16. The molecule has 0 amide bonds. The fraction of sp³-hybridized carbons (Fsp3) is 0.643. The van der Waals surface area contributed by atoms with Crippen LogP contribution in [0.25, 0.3) is 0 Å². The molecule has 1 atom stereocenters. The zero-order valence-corrected chi connectivity index (χ0v) is 10.9. The van der Waals surface area contributed by atoms with Crippen molar-refractivity contribution in [3.8, 4) is 0 Å². The molecular formula is C14H23N3. The van der Waals surface area contributed by atoms with Gasteiger partial charge >= 0.3 is 0 Å². The summed E-state index contributed by atoms with van der Waals surface area (Å²) in [5.74, 6) is 2.00. The van der Waals surface area contributed by atoms with E-state index < -0.39 is 0 Å². The topological polar surface area (TPSA) is 42.1 Å². The number of aryl methyl sites for hydroxylation is 1. The van der Waals surface area contributed by atoms with Gasteiger partial charge in [-0.1, -0.05) is 6.92 Å². The maximum absolute atomic E-state index is 5.64. The summed E-state index contributed by atoms with van der Waals surface area (Å²) >= 11 is 0. The number of rotatable bonds is 2. The fourth-order valence-electron chi connectivity index (χ4n) is 2.54. The van der Waals surface area contributed by atoms with Crippen molar-refractivity contribution in [2.24, 2.45) is 11.7 Å². The van der Waals surface area contributed by atoms with Gasteiger partial charge in [0.2, 0.25) is 0 Å². The molecule has 0 bridgehead atoms. The Morgan fingerprint density at radius 3 is 2.94 bits per heavy atom. The number of anilines is 1. The molecule has 3 nitrogen and oxygen atoms in total. The van der Waals surface area contributed by atoms with Crippen molar-refractivity contribution in [3.05, 3.63) is 23.4 Å². The lowest BCUT2D eigenvalue weighted by Gasteiger charge is -2.23. The minimum Gasteiger partial charge on any atom is -0.356 e. The quantitative estimate of drug-likeness (QED) is 0.853. The van der Waals surface area contributed by atoms with Crippen LogP contribution in [0.5, 0.6) is 0 Å². The second-order valence-corrected chi connectivity index (χ2v) is 5.21. The summed E-state index contributed by atoms with van der Waals surface area (Å²) in [5, 5.41) is 0. The summed E-state index contributed by atoms with van der Waals surface area (Å²) in [7, 11) is 0. The Balaban J connectivity index is 2.15. The zero-order chi connectivity index (χ0) is 12.3. The van der Waals surface area contributed by atoms with Crippen LogP contribution < -0.4 is 10.6 Å². The smallest absolute Gasteiger partial charge is 0.131 e. The van der Waals surface area contributed by atoms with Gasteiger partial charge in [0.05, 0.1) is 0 Å². The van der Waals surface area contributed by atoms with Crippen LogP contribution in [0, 0.1) is 12.8 Å². The van der Waals surface area contributed by atoms with Gasteiger partial charge in [0.15, 0.2) is 0 Å². The standard InChI is InChI=1S/C14H23N3/c1-11-4-3-6-17(7-5-11)14-12(2)8-13(9-15)10-16-14/h8,10-11H,3-7,9,15H2,1-2H3. The van der Waals surface area contributed by atoms with E-state index in [9.17, 15) is 0 Å². The van der Waals surface area contributed by atoms with Crippen LogP contribution in [0.3, 0.4) is 0 Å². The van der Waals surface area contributed by atoms with Gasteiger partial charge in [-0.15, -0.1) is 0 Å². The second-order valence-electron chi connectivity index (χ2n) is 5.21. The van der Waals surface area contributed by atoms with Crippen molar-refractivity contribution in [1.82, 2.24) is 4.98 Å². The predicted molar refractivity (Wildman–Crippen MR) is 72.1 cm³/mol. The largest absolute Gasteiger partial charge is 0.356 e. The molecule has 0 saturated carbocycles. The van der Waals surface area contributed by atoms with E-state index >= 15 is 0 Å². The van der Waals surface area contributed by atoms with Gasteiger partial charge in [-0.25, -0.2) is 4.98 Å². The molecule has 3 heteroatoms. The van der Waals surface area contributed by atoms with Crippen LogP contribution >= 0.6 is 0 Å². The minimum atomic E-state index is 0.575. The molecule has 1 unspecified atom stereocenters. The van der Waals surface area contributed by atoms with Gasteiger partial charge in [0, 0.05) is 25.8 Å². The minimum absolute atomic E-state index is 0.575. The van der Waals surface area contributed by atoms with E-state index in [1.54, 1.807) is 0 Å². The van der Waals surface area contributed by atoms with Crippen LogP contribution in [-0.4, -0.2) is 18.1 Å². The second kappa shape index (κ2) is 5.50. The van der Waals surface area contributed by atoms with Crippen molar-refractivity contribution < 1.29 is 0 Å². The molecule has 17 heavy (non-hydrogen) atoms. The van der Waals surface area contributed by atoms with E-state index in [0.717, 1.165) is 30.4 Å². The van der Waals surface area contributed by atoms with E-state index in [0.29, 0.717) is 6.54 Å². The Labute approximate surface area is 104 Å². The van der Waals surface area contributed by atoms with Crippen molar-refractivity contribution in [1.29, 1.82) is 0 Å². The molecule has 94 valence electrons. The molecular weight excluding hydrogens is 210 g/mol. The molecule has 0 aromatic carbocycles. The lowest BCUT2D eigenvalue weighted by atomic mass is 10.0. The van der Waals surface area contributed by atoms with Crippen LogP contribution in [-0.2, 0) is 6.54 Å². The third kappa shape index (κ3) is 2.97. The summed E-state index contributed by atoms with van der Waals surface area (Å²) in [6.45, 7) is 7.33. The first-order valence-electron chi connectivity index (χ1n) is 6.61. The third-order valence-electron chi connectivity index (χ3n) is 3.66. The Hall–Kier alpha value is -1.09. The first-order valence-corrected chi connectivity index (χ1v) is 6.61. The molecule has 1 aromatic rings. The summed E-state index contributed by atoms with van der Waals surface area (Å²) in [5.41, 5.74) is 8.01. The van der Waals surface area contributed by atoms with Gasteiger partial charge in [-0.2, -0.15) is 0 Å². The van der Waals surface area contributed by atoms with Gasteiger partial charge in [0.1, 0.15) is 5.82 Å². The lowest BCUT2D eigenvalue weighted by molar-refractivity contribution is 0.521. The van der Waals surface area contributed by atoms with E-state index in [2.05, 4.69) is 29.8 Å². The van der Waals surface area contributed by atoms with Crippen LogP contribution in [0.2, 0.25) is 0 Å². The maximum atomic E-state index is 5.64. The highest BCUT2D eigenvalue weighted by molar-refractivity contribution is 5.47. The number of nitrogens with zero attached hydrogens (tertiary/aromatic N) is 2. The maximum Gasteiger partial charge on any atom is 0.131 e. The molecule has 1 aromatic heterocycles. The predicted octanol–water partition coefficient (Wildman–Crippen LogP) is 2.48. The number of aromatic nitrogens is 1. The molecule has 2 N–H and O–H groups in total. The average molecular weight is 233 g/mol. The number of nitrogens with two attached hydrogens (primary N) is 1. The van der Waals surface area contributed by atoms with Gasteiger partial charge in [-0.3, -0.25) is 0 Å². The van der Waals surface area contributed by atoms with Gasteiger partial charge in [-0.05, 0) is 49.3 Å². The van der Waals surface area contributed by atoms with E-state index in [4.69, 9.17) is 5.73 Å². The zero-order valence-electron chi connectivity index (χ0n) is 10.9. The molecule has 2 rings (SSSR count). The number of hydrogen-bond donors (Lipinski definition) is 1. The first-order chi connectivity index (χ1) is 8.20. The van der Waals surface area contributed by atoms with Crippen LogP contribution in [0.15, 0.2) is 12.3 Å². The number of pyridine rings is 1. The first kappa shape index (κ1) is 12.4. The molecule has 1 saturated heterocycles. The van der Waals surface area contributed by atoms with Crippen LogP contribution in [0.1, 0.15) is 37.3 Å². The van der Waals surface area contributed by atoms with Gasteiger partial charge in [0.25, 0.3) is 0 Å². The van der Waals surface area contributed by atoms with Crippen molar-refractivity contribution in [3.63, 3.8) is 0 Å². The molecule has 0 radical (unpaired) electrons. The van der Waals surface area contributed by atoms with E-state index in [-0.39, 0.29) is 0 Å². The highest BCUT2D eigenvalue weighted by atomic mass is 15.2. The molecule has 2 heterocycles. The molecule has 1 aliphatic rings. The van der Waals surface area contributed by atoms with E-state index in [1.807, 2.05) is 6.20 Å². The van der Waals surface area contributed by atoms with Crippen molar-refractivity contribution in [2.75, 3.05) is 18.0 Å². The Bertz CT molecular complexity index is 376. The number of hydrogen-bond acceptors (Lipinski definition) is 3. The van der Waals surface area contributed by atoms with Gasteiger partial charge < -0.3 is 10.6 Å². The Kier molecular flexibility index (Phi) is 4.00. The summed E-state index contributed by atoms with van der Waals surface area (Å²) in [4.78, 5) is 7.02. The van der Waals surface area contributed by atoms with Crippen molar-refractivity contribution >= 4 is 5.82 Å². The van der Waals surface area contributed by atoms with E-state index in [1.165, 1.54) is 24.8 Å². The summed E-state index contributed by atoms with van der Waals surface area (Å²) < 4.78 is 0. The SMILES string of the molecule is Cc1cc(CN)cnc1N1CCCC(C)CC1. The molecule has 1 fully saturated rings. The molecule has 0 aliphatic carbocycles. The average Bonchev–Trinajstić information content (AvgIpc) is 2.54. The Morgan fingerprint density at radius 2 is 2.24 bits per heavy atom. The highest BCUT2D eigenvalue weighted by Crippen LogP contribution is 2.23. The fourth-order valence-corrected chi connectivity index (χ4v) is 2.54. The monoisotopic (exact) mass is 233 g/mol. The Morgan fingerprint density at radius 1 is 1.41 bits per heavy atom. The third-order valence-corrected chi connectivity index (χ3v) is 3.66. The lowest BCUT2D eigenvalue weighted by Crippen LogP contribution is -2.26. The molecule has 1 aliphatic heterocycles. The molecule has 0 spiro atoms. The summed E-state index contributed by atoms with van der Waals surface area (Å²) in [6, 6.07) is 2.16. The summed E-state index contributed by atoms with van der Waals surface area (Å²) in [6.07, 6.45) is 5.81. The van der Waals surface area contributed by atoms with Crippen molar-refractivity contribution in [2.45, 2.75) is 39.7 Å².